The Bertz CT molecular complexity index is 2930. The third kappa shape index (κ3) is 5.88. The molecule has 0 atom stereocenters. The van der Waals surface area contributed by atoms with Gasteiger partial charge in [-0.1, -0.05) is 133 Å². The van der Waals surface area contributed by atoms with Crippen molar-refractivity contribution in [3.63, 3.8) is 0 Å². The second kappa shape index (κ2) is 13.5. The van der Waals surface area contributed by atoms with E-state index >= 15 is 0 Å². The Morgan fingerprint density at radius 2 is 0.643 bits per heavy atom. The van der Waals surface area contributed by atoms with Crippen molar-refractivity contribution in [1.29, 1.82) is 0 Å². The van der Waals surface area contributed by atoms with Gasteiger partial charge in [0.1, 0.15) is 0 Å². The number of rotatable bonds is 6. The Morgan fingerprint density at radius 1 is 0.304 bits per heavy atom. The maximum absolute atomic E-state index is 4.53. The van der Waals surface area contributed by atoms with Crippen molar-refractivity contribution in [3.05, 3.63) is 194 Å². The highest BCUT2D eigenvalue weighted by molar-refractivity contribution is 7.23. The van der Waals surface area contributed by atoms with E-state index in [0.717, 1.165) is 11.0 Å². The Morgan fingerprint density at radius 3 is 1.04 bits per heavy atom. The highest BCUT2D eigenvalue weighted by Gasteiger charge is 2.12. The quantitative estimate of drug-likeness (QED) is 0.169. The molecule has 0 aliphatic rings. The molecule has 0 amide bonds. The van der Waals surface area contributed by atoms with E-state index in [9.17, 15) is 0 Å². The summed E-state index contributed by atoms with van der Waals surface area (Å²) in [6.07, 6.45) is 3.79. The van der Waals surface area contributed by atoms with E-state index in [1.54, 1.807) is 0 Å². The predicted octanol–water partition coefficient (Wildman–Crippen LogP) is 15.2. The lowest BCUT2D eigenvalue weighted by molar-refractivity contribution is 1.41. The number of pyridine rings is 2. The summed E-state index contributed by atoms with van der Waals surface area (Å²) in [5.74, 6) is 0. The average Bonchev–Trinajstić information content (AvgIpc) is 3.89. The van der Waals surface area contributed by atoms with E-state index in [1.165, 1.54) is 96.3 Å². The SMILES string of the molecule is c1ccc2c(-c3ccc(-c4ccc(-c5cc6cc7sc(-c8ccc(-c9ccc(-c%10ccnc%11ccccc%10%11)cc9)cc8)cc7cc6s5)cc4)cc3)ccnc2c1. The smallest absolute Gasteiger partial charge is 0.0708 e. The van der Waals surface area contributed by atoms with Gasteiger partial charge in [-0.2, -0.15) is 0 Å². The first-order valence-electron chi connectivity index (χ1n) is 18.8. The van der Waals surface area contributed by atoms with E-state index < -0.39 is 0 Å². The molecule has 56 heavy (non-hydrogen) atoms. The van der Waals surface area contributed by atoms with Crippen molar-refractivity contribution in [2.45, 2.75) is 0 Å². The van der Waals surface area contributed by atoms with Crippen LogP contribution in [0.1, 0.15) is 0 Å². The Labute approximate surface area is 332 Å². The molecule has 2 nitrogen and oxygen atoms in total. The fraction of sp³-hybridized carbons (Fsp3) is 0. The monoisotopic (exact) mass is 748 g/mol. The average molecular weight is 749 g/mol. The van der Waals surface area contributed by atoms with Crippen LogP contribution in [0.5, 0.6) is 0 Å². The lowest BCUT2D eigenvalue weighted by Gasteiger charge is -2.08. The fourth-order valence-corrected chi connectivity index (χ4v) is 10.1. The van der Waals surface area contributed by atoms with Crippen LogP contribution in [-0.2, 0) is 0 Å². The van der Waals surface area contributed by atoms with E-state index in [4.69, 9.17) is 0 Å². The molecule has 11 rings (SSSR count). The molecule has 0 unspecified atom stereocenters. The first kappa shape index (κ1) is 32.7. The van der Waals surface area contributed by atoms with Crippen LogP contribution in [-0.4, -0.2) is 9.97 Å². The van der Waals surface area contributed by atoms with Crippen LogP contribution in [0.15, 0.2) is 194 Å². The maximum Gasteiger partial charge on any atom is 0.0708 e. The first-order valence-corrected chi connectivity index (χ1v) is 20.4. The van der Waals surface area contributed by atoms with Gasteiger partial charge < -0.3 is 0 Å². The van der Waals surface area contributed by atoms with Gasteiger partial charge in [0.25, 0.3) is 0 Å². The van der Waals surface area contributed by atoms with Crippen LogP contribution < -0.4 is 0 Å². The van der Waals surface area contributed by atoms with Gasteiger partial charge in [-0.25, -0.2) is 0 Å². The number of para-hydroxylation sites is 2. The summed E-state index contributed by atoms with van der Waals surface area (Å²) in [4.78, 5) is 11.6. The number of nitrogens with zero attached hydrogens (tertiary/aromatic N) is 2. The molecule has 0 fully saturated rings. The maximum atomic E-state index is 4.53. The van der Waals surface area contributed by atoms with Crippen molar-refractivity contribution >= 4 is 64.7 Å². The predicted molar refractivity (Wildman–Crippen MR) is 240 cm³/mol. The van der Waals surface area contributed by atoms with Crippen LogP contribution in [0.4, 0.5) is 0 Å². The third-order valence-corrected chi connectivity index (χ3v) is 13.1. The van der Waals surface area contributed by atoms with Gasteiger partial charge in [0.15, 0.2) is 0 Å². The molecular formula is C52H32N2S2. The Kier molecular flexibility index (Phi) is 7.90. The molecule has 0 saturated heterocycles. The molecule has 4 heterocycles. The van der Waals surface area contributed by atoms with Crippen LogP contribution in [0.2, 0.25) is 0 Å². The summed E-state index contributed by atoms with van der Waals surface area (Å²) in [6.45, 7) is 0. The summed E-state index contributed by atoms with van der Waals surface area (Å²) < 4.78 is 2.64. The zero-order chi connectivity index (χ0) is 37.0. The highest BCUT2D eigenvalue weighted by atomic mass is 32.1. The van der Waals surface area contributed by atoms with Crippen molar-refractivity contribution in [2.24, 2.45) is 0 Å². The Hall–Kier alpha value is -6.72. The molecule has 0 radical (unpaired) electrons. The minimum absolute atomic E-state index is 1.02. The molecule has 0 bridgehead atoms. The molecule has 0 aliphatic heterocycles. The van der Waals surface area contributed by atoms with Gasteiger partial charge in [-0.05, 0) is 115 Å². The summed E-state index contributed by atoms with van der Waals surface area (Å²) >= 11 is 3.74. The minimum atomic E-state index is 1.02. The number of hydrogen-bond acceptors (Lipinski definition) is 4. The van der Waals surface area contributed by atoms with E-state index in [2.05, 4.69) is 180 Å². The number of benzene rings is 7. The van der Waals surface area contributed by atoms with Crippen LogP contribution in [0.3, 0.4) is 0 Å². The summed E-state index contributed by atoms with van der Waals surface area (Å²) in [5.41, 5.74) is 14.2. The standard InChI is InChI=1S/C52H32N2S2/c1-3-7-47-45(5-1)43(25-27-53-47)37-17-9-33(10-18-37)35-13-21-39(22-14-35)49-29-41-31-52-42(32-51(41)55-49)30-50(56-52)40-23-15-36(16-24-40)34-11-19-38(20-12-34)44-26-28-54-48-8-4-2-6-46(44)48/h1-32H. The molecule has 4 aromatic heterocycles. The van der Waals surface area contributed by atoms with Crippen LogP contribution >= 0.6 is 22.7 Å². The molecule has 0 N–H and O–H groups in total. The normalized spacial score (nSPS) is 11.6. The topological polar surface area (TPSA) is 25.8 Å². The number of fused-ring (bicyclic) bond motifs is 4. The van der Waals surface area contributed by atoms with Crippen molar-refractivity contribution in [3.8, 4) is 65.4 Å². The van der Waals surface area contributed by atoms with Crippen LogP contribution in [0.25, 0.3) is 107 Å². The van der Waals surface area contributed by atoms with E-state index in [-0.39, 0.29) is 0 Å². The van der Waals surface area contributed by atoms with Gasteiger partial charge in [0.2, 0.25) is 0 Å². The van der Waals surface area contributed by atoms with Crippen molar-refractivity contribution < 1.29 is 0 Å². The van der Waals surface area contributed by atoms with Gasteiger partial charge in [0.05, 0.1) is 11.0 Å². The zero-order valence-corrected chi connectivity index (χ0v) is 31.8. The minimum Gasteiger partial charge on any atom is -0.256 e. The molecule has 7 aromatic carbocycles. The molecule has 0 aliphatic carbocycles. The third-order valence-electron chi connectivity index (χ3n) is 10.9. The van der Waals surface area contributed by atoms with Crippen molar-refractivity contribution in [2.75, 3.05) is 0 Å². The largest absolute Gasteiger partial charge is 0.256 e. The summed E-state index contributed by atoms with van der Waals surface area (Å²) in [6, 6.07) is 66.0. The lowest BCUT2D eigenvalue weighted by Crippen LogP contribution is -1.85. The number of aromatic nitrogens is 2. The van der Waals surface area contributed by atoms with Crippen molar-refractivity contribution in [1.82, 2.24) is 9.97 Å². The molecular weight excluding hydrogens is 717 g/mol. The molecule has 0 saturated carbocycles. The molecule has 4 heteroatoms. The zero-order valence-electron chi connectivity index (χ0n) is 30.2. The van der Waals surface area contributed by atoms with E-state index in [0.29, 0.717) is 0 Å². The second-order valence-corrected chi connectivity index (χ2v) is 16.4. The van der Waals surface area contributed by atoms with Crippen LogP contribution in [0, 0.1) is 0 Å². The fourth-order valence-electron chi connectivity index (χ4n) is 7.89. The molecule has 0 spiro atoms. The summed E-state index contributed by atoms with van der Waals surface area (Å²) in [7, 11) is 0. The van der Waals surface area contributed by atoms with Gasteiger partial charge in [-0.3, -0.25) is 9.97 Å². The van der Waals surface area contributed by atoms with Gasteiger partial charge >= 0.3 is 0 Å². The number of hydrogen-bond donors (Lipinski definition) is 0. The number of thiophene rings is 2. The second-order valence-electron chi connectivity index (χ2n) is 14.2. The highest BCUT2D eigenvalue weighted by Crippen LogP contribution is 2.41. The Balaban J connectivity index is 0.805. The molecule has 262 valence electrons. The van der Waals surface area contributed by atoms with Gasteiger partial charge in [0, 0.05) is 42.3 Å². The first-order chi connectivity index (χ1) is 27.7. The van der Waals surface area contributed by atoms with E-state index in [1.807, 2.05) is 47.2 Å². The molecule has 11 aromatic rings. The van der Waals surface area contributed by atoms with Gasteiger partial charge in [-0.15, -0.1) is 22.7 Å². The summed E-state index contributed by atoms with van der Waals surface area (Å²) in [5, 5.41) is 4.95. The lowest BCUT2D eigenvalue weighted by atomic mass is 9.97.